The fourth-order valence-corrected chi connectivity index (χ4v) is 4.62. The molecule has 5 heteroatoms. The van der Waals surface area contributed by atoms with E-state index in [9.17, 15) is 4.79 Å². The van der Waals surface area contributed by atoms with E-state index >= 15 is 0 Å². The van der Waals surface area contributed by atoms with Crippen molar-refractivity contribution in [1.29, 1.82) is 0 Å². The number of carbonyl (C=O) groups is 1. The van der Waals surface area contributed by atoms with Crippen molar-refractivity contribution in [2.24, 2.45) is 0 Å². The molecule has 2 aromatic heterocycles. The number of aryl methyl sites for hydroxylation is 3. The molecule has 2 aromatic carbocycles. The van der Waals surface area contributed by atoms with Gasteiger partial charge < -0.3 is 18.8 Å². The molecule has 0 aliphatic carbocycles. The normalized spacial score (nSPS) is 14.3. The largest absolute Gasteiger partial charge is 0.460 e. The van der Waals surface area contributed by atoms with Crippen LogP contribution in [0.25, 0.3) is 11.1 Å². The number of furan rings is 1. The lowest BCUT2D eigenvalue weighted by molar-refractivity contribution is 0.0737. The molecule has 0 N–H and O–H groups in total. The second-order valence-electron chi connectivity index (χ2n) is 8.77. The van der Waals surface area contributed by atoms with Crippen LogP contribution in [-0.2, 0) is 6.54 Å². The van der Waals surface area contributed by atoms with Crippen molar-refractivity contribution in [3.63, 3.8) is 0 Å². The minimum atomic E-state index is 0.0746. The number of fused-ring (bicyclic) bond motifs is 1. The van der Waals surface area contributed by atoms with Crippen molar-refractivity contribution < 1.29 is 9.21 Å². The molecule has 5 rings (SSSR count). The van der Waals surface area contributed by atoms with Crippen LogP contribution >= 0.6 is 0 Å². The summed E-state index contributed by atoms with van der Waals surface area (Å²) in [5.41, 5.74) is 7.38. The molecule has 0 unspecified atom stereocenters. The Morgan fingerprint density at radius 2 is 1.62 bits per heavy atom. The number of anilines is 1. The predicted octanol–water partition coefficient (Wildman–Crippen LogP) is 5.17. The molecule has 0 spiro atoms. The lowest BCUT2D eigenvalue weighted by Gasteiger charge is -2.37. The second-order valence-corrected chi connectivity index (χ2v) is 8.77. The fourth-order valence-electron chi connectivity index (χ4n) is 4.62. The summed E-state index contributed by atoms with van der Waals surface area (Å²) >= 11 is 0. The highest BCUT2D eigenvalue weighted by molar-refractivity contribution is 5.98. The van der Waals surface area contributed by atoms with Gasteiger partial charge in [-0.15, -0.1) is 0 Å². The van der Waals surface area contributed by atoms with E-state index in [1.165, 1.54) is 22.4 Å². The van der Waals surface area contributed by atoms with Gasteiger partial charge in [0.25, 0.3) is 5.91 Å². The van der Waals surface area contributed by atoms with E-state index < -0.39 is 0 Å². The first-order valence-corrected chi connectivity index (χ1v) is 11.2. The van der Waals surface area contributed by atoms with Gasteiger partial charge in [0.2, 0.25) is 0 Å². The van der Waals surface area contributed by atoms with Crippen LogP contribution < -0.4 is 4.90 Å². The summed E-state index contributed by atoms with van der Waals surface area (Å²) in [5, 5.41) is 0. The number of rotatable bonds is 4. The lowest BCUT2D eigenvalue weighted by Crippen LogP contribution is -2.49. The van der Waals surface area contributed by atoms with Crippen LogP contribution in [-0.4, -0.2) is 41.6 Å². The Morgan fingerprint density at radius 3 is 2.34 bits per heavy atom. The predicted molar refractivity (Wildman–Crippen MR) is 129 cm³/mol. The van der Waals surface area contributed by atoms with Gasteiger partial charge in [-0.25, -0.2) is 0 Å². The van der Waals surface area contributed by atoms with Crippen LogP contribution in [0.1, 0.15) is 32.9 Å². The van der Waals surface area contributed by atoms with Crippen LogP contribution in [0.2, 0.25) is 0 Å². The van der Waals surface area contributed by atoms with Crippen LogP contribution in [0.5, 0.6) is 0 Å². The molecule has 0 atom stereocenters. The fraction of sp³-hybridized carbons (Fsp3) is 0.296. The molecule has 32 heavy (non-hydrogen) atoms. The van der Waals surface area contributed by atoms with Gasteiger partial charge in [-0.2, -0.15) is 0 Å². The second kappa shape index (κ2) is 8.23. The van der Waals surface area contributed by atoms with Crippen LogP contribution in [0.4, 0.5) is 5.69 Å². The van der Waals surface area contributed by atoms with E-state index in [-0.39, 0.29) is 5.91 Å². The number of benzene rings is 2. The maximum absolute atomic E-state index is 13.6. The zero-order valence-corrected chi connectivity index (χ0v) is 19.0. The van der Waals surface area contributed by atoms with Gasteiger partial charge in [-0.05, 0) is 38.0 Å². The third-order valence-electron chi connectivity index (χ3n) is 6.42. The topological polar surface area (TPSA) is 41.6 Å². The van der Waals surface area contributed by atoms with E-state index in [2.05, 4.69) is 71.8 Å². The Morgan fingerprint density at radius 1 is 0.906 bits per heavy atom. The van der Waals surface area contributed by atoms with Gasteiger partial charge in [0.05, 0.1) is 5.52 Å². The first kappa shape index (κ1) is 20.4. The quantitative estimate of drug-likeness (QED) is 0.451. The molecule has 4 aromatic rings. The highest BCUT2D eigenvalue weighted by Gasteiger charge is 2.27. The molecular formula is C27H29N3O2. The minimum Gasteiger partial charge on any atom is -0.460 e. The SMILES string of the molecule is Cc1ccc(Cn2c(C(=O)N3CCN(c4ccccc4C)CC3)cc3oc(C)cc32)cc1. The summed E-state index contributed by atoms with van der Waals surface area (Å²) in [6, 6.07) is 20.9. The van der Waals surface area contributed by atoms with Crippen molar-refractivity contribution >= 4 is 22.7 Å². The Balaban J connectivity index is 1.39. The Hall–Kier alpha value is -3.47. The number of nitrogens with zero attached hydrogens (tertiary/aromatic N) is 3. The summed E-state index contributed by atoms with van der Waals surface area (Å²) < 4.78 is 7.98. The molecule has 0 bridgehead atoms. The van der Waals surface area contributed by atoms with Gasteiger partial charge in [-0.3, -0.25) is 4.79 Å². The average Bonchev–Trinajstić information content (AvgIpc) is 3.32. The van der Waals surface area contributed by atoms with Crippen molar-refractivity contribution in [2.45, 2.75) is 27.3 Å². The van der Waals surface area contributed by atoms with E-state index in [1.54, 1.807) is 0 Å². The van der Waals surface area contributed by atoms with Crippen molar-refractivity contribution in [3.05, 3.63) is 88.8 Å². The maximum Gasteiger partial charge on any atom is 0.270 e. The average molecular weight is 428 g/mol. The third kappa shape index (κ3) is 3.79. The molecule has 1 fully saturated rings. The molecule has 1 amide bonds. The van der Waals surface area contributed by atoms with E-state index in [0.29, 0.717) is 25.3 Å². The van der Waals surface area contributed by atoms with Crippen molar-refractivity contribution in [1.82, 2.24) is 9.47 Å². The molecule has 0 radical (unpaired) electrons. The lowest BCUT2D eigenvalue weighted by atomic mass is 10.1. The number of hydrogen-bond donors (Lipinski definition) is 0. The smallest absolute Gasteiger partial charge is 0.270 e. The molecule has 5 nitrogen and oxygen atoms in total. The van der Waals surface area contributed by atoms with Gasteiger partial charge in [-0.1, -0.05) is 48.0 Å². The summed E-state index contributed by atoms with van der Waals surface area (Å²) in [4.78, 5) is 17.9. The zero-order valence-electron chi connectivity index (χ0n) is 19.0. The Labute approximate surface area is 188 Å². The third-order valence-corrected chi connectivity index (χ3v) is 6.42. The molecule has 1 aliphatic heterocycles. The molecule has 164 valence electrons. The Kier molecular flexibility index (Phi) is 5.25. The first-order valence-electron chi connectivity index (χ1n) is 11.2. The number of piperazine rings is 1. The number of carbonyl (C=O) groups excluding carboxylic acids is 1. The van der Waals surface area contributed by atoms with E-state index in [0.717, 1.165) is 29.9 Å². The monoisotopic (exact) mass is 427 g/mol. The van der Waals surface area contributed by atoms with E-state index in [4.69, 9.17) is 4.42 Å². The highest BCUT2D eigenvalue weighted by Crippen LogP contribution is 2.27. The minimum absolute atomic E-state index is 0.0746. The maximum atomic E-state index is 13.6. The first-order chi connectivity index (χ1) is 15.5. The number of hydrogen-bond acceptors (Lipinski definition) is 3. The van der Waals surface area contributed by atoms with Crippen LogP contribution in [0.3, 0.4) is 0 Å². The van der Waals surface area contributed by atoms with Gasteiger partial charge >= 0.3 is 0 Å². The molecule has 1 aliphatic rings. The number of aromatic nitrogens is 1. The zero-order chi connectivity index (χ0) is 22.2. The summed E-state index contributed by atoms with van der Waals surface area (Å²) in [6.45, 7) is 9.92. The van der Waals surface area contributed by atoms with Gasteiger partial charge in [0, 0.05) is 50.5 Å². The summed E-state index contributed by atoms with van der Waals surface area (Å²) in [7, 11) is 0. The molecule has 0 saturated carbocycles. The van der Waals surface area contributed by atoms with Crippen LogP contribution in [0.15, 0.2) is 65.1 Å². The van der Waals surface area contributed by atoms with Crippen molar-refractivity contribution in [3.8, 4) is 0 Å². The Bertz CT molecular complexity index is 1260. The highest BCUT2D eigenvalue weighted by atomic mass is 16.3. The molecular weight excluding hydrogens is 398 g/mol. The standard InChI is InChI=1S/C27H29N3O2/c1-19-8-10-22(11-9-19)18-30-24-16-21(3)32-26(24)17-25(30)27(31)29-14-12-28(13-15-29)23-7-5-4-6-20(23)2/h4-11,16-17H,12-15,18H2,1-3H3. The van der Waals surface area contributed by atoms with Crippen LogP contribution in [0, 0.1) is 20.8 Å². The summed E-state index contributed by atoms with van der Waals surface area (Å²) in [5.74, 6) is 0.934. The number of amides is 1. The van der Waals surface area contributed by atoms with Crippen molar-refractivity contribution in [2.75, 3.05) is 31.1 Å². The summed E-state index contributed by atoms with van der Waals surface area (Å²) in [6.07, 6.45) is 0. The van der Waals surface area contributed by atoms with Gasteiger partial charge in [0.15, 0.2) is 5.58 Å². The molecule has 3 heterocycles. The molecule has 1 saturated heterocycles. The van der Waals surface area contributed by atoms with E-state index in [1.807, 2.05) is 24.0 Å². The number of para-hydroxylation sites is 1. The van der Waals surface area contributed by atoms with Gasteiger partial charge in [0.1, 0.15) is 11.5 Å².